The van der Waals surface area contributed by atoms with E-state index in [2.05, 4.69) is 34.1 Å². The monoisotopic (exact) mass is 287 g/mol. The third-order valence-electron chi connectivity index (χ3n) is 4.35. The van der Waals surface area contributed by atoms with Gasteiger partial charge < -0.3 is 9.80 Å². The van der Waals surface area contributed by atoms with E-state index in [0.717, 1.165) is 51.1 Å². The maximum absolute atomic E-state index is 10.9. The standard InChI is InChI=1S/C16H21N3O2/c20-19(21)16-8-4-7-15(13-16)18-11-9-17(10-12-18)14-5-2-1-3-6-14/h1-2,5,7,13H,3-4,6,8-12H2. The number of rotatable bonds is 3. The minimum absolute atomic E-state index is 0.248. The van der Waals surface area contributed by atoms with Gasteiger partial charge in [-0.3, -0.25) is 10.1 Å². The molecule has 1 saturated heterocycles. The topological polar surface area (TPSA) is 49.6 Å². The zero-order valence-electron chi connectivity index (χ0n) is 12.2. The fraction of sp³-hybridized carbons (Fsp3) is 0.500. The van der Waals surface area contributed by atoms with Crippen molar-refractivity contribution in [3.05, 3.63) is 57.6 Å². The molecule has 5 nitrogen and oxygen atoms in total. The Morgan fingerprint density at radius 3 is 2.48 bits per heavy atom. The van der Waals surface area contributed by atoms with Crippen molar-refractivity contribution in [1.82, 2.24) is 9.80 Å². The molecule has 1 aliphatic heterocycles. The highest BCUT2D eigenvalue weighted by atomic mass is 16.6. The van der Waals surface area contributed by atoms with Crippen molar-refractivity contribution in [2.75, 3.05) is 26.2 Å². The van der Waals surface area contributed by atoms with E-state index in [1.807, 2.05) is 0 Å². The molecule has 0 aromatic carbocycles. The highest BCUT2D eigenvalue weighted by Gasteiger charge is 2.23. The number of nitrogens with zero attached hydrogens (tertiary/aromatic N) is 3. The van der Waals surface area contributed by atoms with Gasteiger partial charge in [0.1, 0.15) is 0 Å². The second-order valence-corrected chi connectivity index (χ2v) is 5.66. The molecule has 3 aliphatic rings. The van der Waals surface area contributed by atoms with E-state index in [9.17, 15) is 10.1 Å². The summed E-state index contributed by atoms with van der Waals surface area (Å²) >= 11 is 0. The first-order chi connectivity index (χ1) is 10.2. The third kappa shape index (κ3) is 3.17. The fourth-order valence-corrected chi connectivity index (χ4v) is 3.14. The first kappa shape index (κ1) is 13.9. The normalized spacial score (nSPS) is 22.6. The Balaban J connectivity index is 1.61. The zero-order chi connectivity index (χ0) is 14.7. The van der Waals surface area contributed by atoms with E-state index in [-0.39, 0.29) is 4.92 Å². The molecule has 1 heterocycles. The summed E-state index contributed by atoms with van der Waals surface area (Å²) in [6.45, 7) is 3.88. The molecule has 0 radical (unpaired) electrons. The molecule has 0 saturated carbocycles. The van der Waals surface area contributed by atoms with Gasteiger partial charge in [-0.25, -0.2) is 0 Å². The number of allylic oxidation sites excluding steroid dienone is 7. The minimum Gasteiger partial charge on any atom is -0.371 e. The van der Waals surface area contributed by atoms with Crippen molar-refractivity contribution >= 4 is 0 Å². The fourth-order valence-electron chi connectivity index (χ4n) is 3.14. The molecule has 21 heavy (non-hydrogen) atoms. The van der Waals surface area contributed by atoms with Gasteiger partial charge in [-0.2, -0.15) is 0 Å². The summed E-state index contributed by atoms with van der Waals surface area (Å²) in [4.78, 5) is 15.4. The van der Waals surface area contributed by atoms with Gasteiger partial charge >= 0.3 is 0 Å². The molecular weight excluding hydrogens is 266 g/mol. The van der Waals surface area contributed by atoms with E-state index < -0.39 is 0 Å². The summed E-state index contributed by atoms with van der Waals surface area (Å²) in [5, 5.41) is 10.9. The van der Waals surface area contributed by atoms with Crippen LogP contribution in [0.3, 0.4) is 0 Å². The SMILES string of the molecule is O=[N+]([O-])C1=CC(N2CCN(C3=CC=CCC3)CC2)=CCC1. The van der Waals surface area contributed by atoms with Crippen LogP contribution in [0.25, 0.3) is 0 Å². The Morgan fingerprint density at radius 1 is 1.05 bits per heavy atom. The first-order valence-electron chi connectivity index (χ1n) is 7.65. The summed E-state index contributed by atoms with van der Waals surface area (Å²) in [5.41, 5.74) is 2.80. The molecule has 112 valence electrons. The summed E-state index contributed by atoms with van der Waals surface area (Å²) < 4.78 is 0. The van der Waals surface area contributed by atoms with Gasteiger partial charge in [0.05, 0.1) is 4.92 Å². The average molecular weight is 287 g/mol. The molecule has 0 aromatic rings. The molecule has 5 heteroatoms. The highest BCUT2D eigenvalue weighted by molar-refractivity contribution is 5.25. The average Bonchev–Trinajstić information content (AvgIpc) is 2.56. The second kappa shape index (κ2) is 6.16. The molecule has 0 atom stereocenters. The van der Waals surface area contributed by atoms with E-state index in [4.69, 9.17) is 0 Å². The van der Waals surface area contributed by atoms with Crippen molar-refractivity contribution in [3.63, 3.8) is 0 Å². The van der Waals surface area contributed by atoms with Gasteiger partial charge in [-0.15, -0.1) is 0 Å². The lowest BCUT2D eigenvalue weighted by molar-refractivity contribution is -0.428. The third-order valence-corrected chi connectivity index (χ3v) is 4.35. The van der Waals surface area contributed by atoms with Gasteiger partial charge in [0.15, 0.2) is 0 Å². The molecule has 3 rings (SSSR count). The molecule has 0 bridgehead atoms. The lowest BCUT2D eigenvalue weighted by atomic mass is 10.1. The Kier molecular flexibility index (Phi) is 4.08. The first-order valence-corrected chi connectivity index (χ1v) is 7.65. The Hall–Kier alpha value is -2.04. The van der Waals surface area contributed by atoms with Crippen LogP contribution in [0.15, 0.2) is 47.5 Å². The largest absolute Gasteiger partial charge is 0.371 e. The molecule has 0 aromatic heterocycles. The maximum Gasteiger partial charge on any atom is 0.248 e. The summed E-state index contributed by atoms with van der Waals surface area (Å²) in [7, 11) is 0. The van der Waals surface area contributed by atoms with Gasteiger partial charge in [-0.05, 0) is 25.3 Å². The Labute approximate surface area is 125 Å². The van der Waals surface area contributed by atoms with Crippen LogP contribution >= 0.6 is 0 Å². The van der Waals surface area contributed by atoms with Gasteiger partial charge in [-0.1, -0.05) is 18.2 Å². The van der Waals surface area contributed by atoms with E-state index >= 15 is 0 Å². The second-order valence-electron chi connectivity index (χ2n) is 5.66. The van der Waals surface area contributed by atoms with Crippen LogP contribution in [0.2, 0.25) is 0 Å². The minimum atomic E-state index is -0.248. The zero-order valence-corrected chi connectivity index (χ0v) is 12.2. The predicted octanol–water partition coefficient (Wildman–Crippen LogP) is 2.68. The van der Waals surface area contributed by atoms with Crippen LogP contribution in [0.5, 0.6) is 0 Å². The van der Waals surface area contributed by atoms with E-state index in [1.54, 1.807) is 6.08 Å². The van der Waals surface area contributed by atoms with Crippen molar-refractivity contribution in [1.29, 1.82) is 0 Å². The summed E-state index contributed by atoms with van der Waals surface area (Å²) in [6.07, 6.45) is 14.0. The Morgan fingerprint density at radius 2 is 1.81 bits per heavy atom. The van der Waals surface area contributed by atoms with Crippen LogP contribution in [0.4, 0.5) is 0 Å². The van der Waals surface area contributed by atoms with Crippen molar-refractivity contribution in [3.8, 4) is 0 Å². The van der Waals surface area contributed by atoms with E-state index in [1.165, 1.54) is 5.70 Å². The number of piperazine rings is 1. The van der Waals surface area contributed by atoms with E-state index in [0.29, 0.717) is 12.1 Å². The molecule has 0 unspecified atom stereocenters. The lowest BCUT2D eigenvalue weighted by Crippen LogP contribution is -2.45. The van der Waals surface area contributed by atoms with Crippen LogP contribution in [0.1, 0.15) is 25.7 Å². The smallest absolute Gasteiger partial charge is 0.248 e. The Bertz CT molecular complexity index is 538. The highest BCUT2D eigenvalue weighted by Crippen LogP contribution is 2.24. The van der Waals surface area contributed by atoms with Crippen molar-refractivity contribution in [2.45, 2.75) is 25.7 Å². The molecule has 2 aliphatic carbocycles. The predicted molar refractivity (Wildman–Crippen MR) is 82.0 cm³/mol. The number of hydrogen-bond acceptors (Lipinski definition) is 4. The summed E-state index contributed by atoms with van der Waals surface area (Å²) in [6, 6.07) is 0. The van der Waals surface area contributed by atoms with Crippen LogP contribution < -0.4 is 0 Å². The molecule has 0 N–H and O–H groups in total. The molecule has 0 amide bonds. The van der Waals surface area contributed by atoms with Gasteiger partial charge in [0.25, 0.3) is 0 Å². The van der Waals surface area contributed by atoms with Crippen LogP contribution in [-0.4, -0.2) is 40.9 Å². The lowest BCUT2D eigenvalue weighted by Gasteiger charge is -2.39. The molecule has 0 spiro atoms. The number of hydrogen-bond donors (Lipinski definition) is 0. The van der Waals surface area contributed by atoms with Gasteiger partial charge in [0, 0.05) is 50.1 Å². The maximum atomic E-state index is 10.9. The number of nitro groups is 1. The molecular formula is C16H21N3O2. The van der Waals surface area contributed by atoms with Gasteiger partial charge in [0.2, 0.25) is 5.70 Å². The quantitative estimate of drug-likeness (QED) is 0.591. The van der Waals surface area contributed by atoms with Crippen molar-refractivity contribution < 1.29 is 4.92 Å². The van der Waals surface area contributed by atoms with Crippen LogP contribution in [0, 0.1) is 10.1 Å². The summed E-state index contributed by atoms with van der Waals surface area (Å²) in [5.74, 6) is 0. The molecule has 1 fully saturated rings. The van der Waals surface area contributed by atoms with Crippen molar-refractivity contribution in [2.24, 2.45) is 0 Å². The van der Waals surface area contributed by atoms with Crippen LogP contribution in [-0.2, 0) is 0 Å².